The second kappa shape index (κ2) is 4.81. The van der Waals surface area contributed by atoms with Crippen LogP contribution in [0.2, 0.25) is 0 Å². The fourth-order valence-electron chi connectivity index (χ4n) is 2.46. The Balaban J connectivity index is 2.23. The van der Waals surface area contributed by atoms with Gasteiger partial charge in [0.2, 0.25) is 0 Å². The number of nitrogens with two attached hydrogens (primary N) is 1. The Morgan fingerprint density at radius 1 is 1.47 bits per heavy atom. The summed E-state index contributed by atoms with van der Waals surface area (Å²) in [5.74, 6) is -0.207. The number of aromatic nitrogens is 1. The predicted molar refractivity (Wildman–Crippen MR) is 74.1 cm³/mol. The number of hydrogen-bond acceptors (Lipinski definition) is 3. The number of aromatic amines is 1. The van der Waals surface area contributed by atoms with Crippen molar-refractivity contribution in [3.05, 3.63) is 33.7 Å². The minimum Gasteiger partial charge on any atom is -0.338 e. The van der Waals surface area contributed by atoms with E-state index in [0.717, 1.165) is 12.1 Å². The zero-order chi connectivity index (χ0) is 14.2. The van der Waals surface area contributed by atoms with Crippen LogP contribution in [0.25, 0.3) is 0 Å². The molecule has 1 amide bonds. The predicted octanol–water partition coefficient (Wildman–Crippen LogP) is 0.883. The van der Waals surface area contributed by atoms with Crippen LogP contribution in [0.4, 0.5) is 0 Å². The molecule has 1 atom stereocenters. The van der Waals surface area contributed by atoms with Crippen molar-refractivity contribution in [2.45, 2.75) is 33.2 Å². The Hall–Kier alpha value is -1.62. The number of likely N-dealkylation sites (tertiary alicyclic amines) is 1. The van der Waals surface area contributed by atoms with Gasteiger partial charge in [-0.3, -0.25) is 9.59 Å². The summed E-state index contributed by atoms with van der Waals surface area (Å²) in [4.78, 5) is 28.6. The first-order valence-electron chi connectivity index (χ1n) is 6.56. The smallest absolute Gasteiger partial charge is 0.260 e. The largest absolute Gasteiger partial charge is 0.338 e. The monoisotopic (exact) mass is 263 g/mol. The number of carbonyl (C=O) groups excluding carboxylic acids is 1. The standard InChI is InChI=1S/C14H21N3O2/c1-9-4-5-10(12(18)16-9)13(19)17-7-6-11(15)14(2,3)8-17/h4-5,11H,6-8,15H2,1-3H3,(H,16,18). The van der Waals surface area contributed by atoms with Crippen LogP contribution in [0.5, 0.6) is 0 Å². The van der Waals surface area contributed by atoms with Gasteiger partial charge in [0, 0.05) is 24.8 Å². The second-order valence-corrected chi connectivity index (χ2v) is 5.99. The minimum absolute atomic E-state index is 0.0906. The molecule has 1 saturated heterocycles. The van der Waals surface area contributed by atoms with Crippen LogP contribution in [-0.2, 0) is 0 Å². The van der Waals surface area contributed by atoms with Crippen molar-refractivity contribution in [3.63, 3.8) is 0 Å². The van der Waals surface area contributed by atoms with Crippen LogP contribution in [0, 0.1) is 12.3 Å². The van der Waals surface area contributed by atoms with Crippen LogP contribution < -0.4 is 11.3 Å². The van der Waals surface area contributed by atoms with Gasteiger partial charge >= 0.3 is 0 Å². The lowest BCUT2D eigenvalue weighted by Crippen LogP contribution is -2.54. The number of nitrogens with one attached hydrogen (secondary N) is 1. The van der Waals surface area contributed by atoms with Crippen molar-refractivity contribution in [1.29, 1.82) is 0 Å². The highest BCUT2D eigenvalue weighted by atomic mass is 16.2. The van der Waals surface area contributed by atoms with Crippen molar-refractivity contribution in [1.82, 2.24) is 9.88 Å². The molecule has 1 fully saturated rings. The number of pyridine rings is 1. The van der Waals surface area contributed by atoms with Crippen molar-refractivity contribution in [2.75, 3.05) is 13.1 Å². The Morgan fingerprint density at radius 3 is 2.74 bits per heavy atom. The van der Waals surface area contributed by atoms with Crippen molar-refractivity contribution >= 4 is 5.91 Å². The fraction of sp³-hybridized carbons (Fsp3) is 0.571. The molecule has 19 heavy (non-hydrogen) atoms. The molecule has 5 heteroatoms. The molecule has 5 nitrogen and oxygen atoms in total. The quantitative estimate of drug-likeness (QED) is 0.789. The molecule has 2 heterocycles. The van der Waals surface area contributed by atoms with Gasteiger partial charge < -0.3 is 15.6 Å². The summed E-state index contributed by atoms with van der Waals surface area (Å²) in [6.45, 7) is 7.09. The van der Waals surface area contributed by atoms with Crippen LogP contribution >= 0.6 is 0 Å². The summed E-state index contributed by atoms with van der Waals surface area (Å²) in [7, 11) is 0. The van der Waals surface area contributed by atoms with E-state index >= 15 is 0 Å². The topological polar surface area (TPSA) is 79.2 Å². The molecule has 1 aliphatic rings. The SMILES string of the molecule is Cc1ccc(C(=O)N2CCC(N)C(C)(C)C2)c(=O)[nH]1. The average Bonchev–Trinajstić information content (AvgIpc) is 2.32. The van der Waals surface area contributed by atoms with Gasteiger partial charge in [0.15, 0.2) is 0 Å². The number of aryl methyl sites for hydroxylation is 1. The van der Waals surface area contributed by atoms with Crippen molar-refractivity contribution in [2.24, 2.45) is 11.1 Å². The molecule has 0 spiro atoms. The van der Waals surface area contributed by atoms with E-state index in [1.807, 2.05) is 0 Å². The summed E-state index contributed by atoms with van der Waals surface area (Å²) < 4.78 is 0. The molecular formula is C14H21N3O2. The molecule has 3 N–H and O–H groups in total. The zero-order valence-electron chi connectivity index (χ0n) is 11.7. The zero-order valence-corrected chi connectivity index (χ0v) is 11.7. The van der Waals surface area contributed by atoms with Gasteiger partial charge in [-0.25, -0.2) is 0 Å². The van der Waals surface area contributed by atoms with Crippen LogP contribution in [0.1, 0.15) is 36.3 Å². The summed E-state index contributed by atoms with van der Waals surface area (Å²) in [5.41, 5.74) is 6.57. The lowest BCUT2D eigenvalue weighted by atomic mass is 9.79. The number of nitrogens with zero attached hydrogens (tertiary/aromatic N) is 1. The highest BCUT2D eigenvalue weighted by molar-refractivity contribution is 5.94. The van der Waals surface area contributed by atoms with E-state index in [4.69, 9.17) is 5.73 Å². The third-order valence-corrected chi connectivity index (χ3v) is 3.89. The van der Waals surface area contributed by atoms with Gasteiger partial charge in [0.1, 0.15) is 5.56 Å². The van der Waals surface area contributed by atoms with E-state index in [1.165, 1.54) is 0 Å². The summed E-state index contributed by atoms with van der Waals surface area (Å²) >= 11 is 0. The molecule has 0 aromatic carbocycles. The minimum atomic E-state index is -0.322. The maximum atomic E-state index is 12.4. The Labute approximate surface area is 112 Å². The van der Waals surface area contributed by atoms with E-state index in [2.05, 4.69) is 18.8 Å². The van der Waals surface area contributed by atoms with Gasteiger partial charge in [-0.1, -0.05) is 13.8 Å². The lowest BCUT2D eigenvalue weighted by Gasteiger charge is -2.42. The number of H-pyrrole nitrogens is 1. The number of amides is 1. The Morgan fingerprint density at radius 2 is 2.16 bits per heavy atom. The highest BCUT2D eigenvalue weighted by Gasteiger charge is 2.36. The first-order chi connectivity index (χ1) is 8.81. The van der Waals surface area contributed by atoms with E-state index in [0.29, 0.717) is 13.1 Å². The second-order valence-electron chi connectivity index (χ2n) is 5.99. The van der Waals surface area contributed by atoms with E-state index in [-0.39, 0.29) is 28.5 Å². The summed E-state index contributed by atoms with van der Waals surface area (Å²) in [6, 6.07) is 3.43. The molecule has 0 bridgehead atoms. The number of piperidine rings is 1. The molecule has 1 unspecified atom stereocenters. The first-order valence-corrected chi connectivity index (χ1v) is 6.56. The molecular weight excluding hydrogens is 242 g/mol. The molecule has 1 aromatic rings. The third-order valence-electron chi connectivity index (χ3n) is 3.89. The molecule has 1 aliphatic heterocycles. The maximum Gasteiger partial charge on any atom is 0.260 e. The molecule has 0 radical (unpaired) electrons. The number of rotatable bonds is 1. The average molecular weight is 263 g/mol. The summed E-state index contributed by atoms with van der Waals surface area (Å²) in [5, 5.41) is 0. The van der Waals surface area contributed by atoms with E-state index in [9.17, 15) is 9.59 Å². The van der Waals surface area contributed by atoms with Gasteiger partial charge in [0.05, 0.1) is 0 Å². The van der Waals surface area contributed by atoms with Gasteiger partial charge in [-0.2, -0.15) is 0 Å². The molecule has 0 aliphatic carbocycles. The normalized spacial score (nSPS) is 22.3. The van der Waals surface area contributed by atoms with Crippen LogP contribution in [0.3, 0.4) is 0 Å². The van der Waals surface area contributed by atoms with E-state index < -0.39 is 0 Å². The van der Waals surface area contributed by atoms with Gasteiger partial charge in [-0.05, 0) is 30.9 Å². The van der Waals surface area contributed by atoms with E-state index in [1.54, 1.807) is 24.0 Å². The lowest BCUT2D eigenvalue weighted by molar-refractivity contribution is 0.0531. The number of carbonyl (C=O) groups is 1. The molecule has 1 aromatic heterocycles. The van der Waals surface area contributed by atoms with Gasteiger partial charge in [-0.15, -0.1) is 0 Å². The first kappa shape index (κ1) is 13.8. The summed E-state index contributed by atoms with van der Waals surface area (Å²) in [6.07, 6.45) is 0.766. The molecule has 0 saturated carbocycles. The molecule has 104 valence electrons. The highest BCUT2D eigenvalue weighted by Crippen LogP contribution is 2.28. The third kappa shape index (κ3) is 2.71. The van der Waals surface area contributed by atoms with Crippen LogP contribution in [0.15, 0.2) is 16.9 Å². The van der Waals surface area contributed by atoms with Crippen molar-refractivity contribution in [3.8, 4) is 0 Å². The van der Waals surface area contributed by atoms with Gasteiger partial charge in [0.25, 0.3) is 11.5 Å². The Bertz CT molecular complexity index is 548. The number of hydrogen-bond donors (Lipinski definition) is 2. The van der Waals surface area contributed by atoms with Crippen LogP contribution in [-0.4, -0.2) is 34.9 Å². The molecule has 2 rings (SSSR count). The fourth-order valence-corrected chi connectivity index (χ4v) is 2.46. The van der Waals surface area contributed by atoms with Crippen molar-refractivity contribution < 1.29 is 4.79 Å². The Kier molecular flexibility index (Phi) is 3.49. The maximum absolute atomic E-state index is 12.4.